The van der Waals surface area contributed by atoms with E-state index in [2.05, 4.69) is 64.8 Å². The van der Waals surface area contributed by atoms with E-state index in [1.54, 1.807) is 0 Å². The first kappa shape index (κ1) is 12.9. The topological polar surface area (TPSA) is 15.3 Å². The fraction of sp³-hybridized carbons (Fsp3) is 0.368. The van der Waals surface area contributed by atoms with Crippen LogP contribution in [-0.4, -0.2) is 30.6 Å². The van der Waals surface area contributed by atoms with Crippen LogP contribution < -0.4 is 5.32 Å². The summed E-state index contributed by atoms with van der Waals surface area (Å²) in [6.45, 7) is 3.52. The van der Waals surface area contributed by atoms with Gasteiger partial charge in [0.2, 0.25) is 0 Å². The van der Waals surface area contributed by atoms with E-state index in [4.69, 9.17) is 0 Å². The quantitative estimate of drug-likeness (QED) is 0.904. The lowest BCUT2D eigenvalue weighted by Crippen LogP contribution is -2.42. The Morgan fingerprint density at radius 3 is 2.67 bits per heavy atom. The van der Waals surface area contributed by atoms with Gasteiger partial charge < -0.3 is 5.32 Å². The van der Waals surface area contributed by atoms with Gasteiger partial charge in [0.15, 0.2) is 0 Å². The summed E-state index contributed by atoms with van der Waals surface area (Å²) in [5.74, 6) is 0.711. The standard InChI is InChI=1S/C19H22N2/c1-2-6-15(7-3-1)17-10-11-21(14-17)18-12-16-8-4-5-9-19(16)20-13-18/h1-9,17-18,20H,10-14H2. The van der Waals surface area contributed by atoms with Gasteiger partial charge in [-0.15, -0.1) is 0 Å². The highest BCUT2D eigenvalue weighted by Crippen LogP contribution is 2.31. The minimum absolute atomic E-state index is 0.647. The van der Waals surface area contributed by atoms with Gasteiger partial charge in [-0.3, -0.25) is 4.90 Å². The molecule has 0 amide bonds. The molecule has 2 aliphatic heterocycles. The monoisotopic (exact) mass is 278 g/mol. The Morgan fingerprint density at radius 1 is 0.952 bits per heavy atom. The molecule has 108 valence electrons. The van der Waals surface area contributed by atoms with Crippen LogP contribution in [0.3, 0.4) is 0 Å². The number of anilines is 1. The Hall–Kier alpha value is -1.80. The van der Waals surface area contributed by atoms with E-state index < -0.39 is 0 Å². The maximum Gasteiger partial charge on any atom is 0.0373 e. The SMILES string of the molecule is c1ccc(C2CCN(C3CNc4ccccc4C3)C2)cc1. The van der Waals surface area contributed by atoms with Gasteiger partial charge in [0.25, 0.3) is 0 Å². The number of fused-ring (bicyclic) bond motifs is 1. The third-order valence-corrected chi connectivity index (χ3v) is 5.01. The summed E-state index contributed by atoms with van der Waals surface area (Å²) in [5.41, 5.74) is 4.30. The number of benzene rings is 2. The second kappa shape index (κ2) is 5.53. The van der Waals surface area contributed by atoms with E-state index in [-0.39, 0.29) is 0 Å². The average molecular weight is 278 g/mol. The second-order valence-corrected chi connectivity index (χ2v) is 6.29. The summed E-state index contributed by atoms with van der Waals surface area (Å²) in [4.78, 5) is 2.68. The van der Waals surface area contributed by atoms with Crippen molar-refractivity contribution in [2.75, 3.05) is 25.0 Å². The predicted octanol–water partition coefficient (Wildman–Crippen LogP) is 3.51. The van der Waals surface area contributed by atoms with Crippen molar-refractivity contribution in [2.24, 2.45) is 0 Å². The van der Waals surface area contributed by atoms with Crippen molar-refractivity contribution in [2.45, 2.75) is 24.8 Å². The molecule has 0 aromatic heterocycles. The summed E-state index contributed by atoms with van der Waals surface area (Å²) >= 11 is 0. The van der Waals surface area contributed by atoms with E-state index in [9.17, 15) is 0 Å². The fourth-order valence-electron chi connectivity index (χ4n) is 3.80. The van der Waals surface area contributed by atoms with Crippen LogP contribution in [0.4, 0.5) is 5.69 Å². The number of para-hydroxylation sites is 1. The van der Waals surface area contributed by atoms with Gasteiger partial charge in [-0.25, -0.2) is 0 Å². The minimum Gasteiger partial charge on any atom is -0.383 e. The second-order valence-electron chi connectivity index (χ2n) is 6.29. The van der Waals surface area contributed by atoms with Gasteiger partial charge >= 0.3 is 0 Å². The highest BCUT2D eigenvalue weighted by Gasteiger charge is 2.30. The average Bonchev–Trinajstić information content (AvgIpc) is 3.05. The first-order valence-corrected chi connectivity index (χ1v) is 8.01. The number of hydrogen-bond donors (Lipinski definition) is 1. The van der Waals surface area contributed by atoms with Crippen molar-refractivity contribution < 1.29 is 0 Å². The van der Waals surface area contributed by atoms with Gasteiger partial charge in [0.1, 0.15) is 0 Å². The first-order chi connectivity index (χ1) is 10.4. The van der Waals surface area contributed by atoms with Crippen LogP contribution in [0.2, 0.25) is 0 Å². The third-order valence-electron chi connectivity index (χ3n) is 5.01. The summed E-state index contributed by atoms with van der Waals surface area (Å²) in [7, 11) is 0. The highest BCUT2D eigenvalue weighted by molar-refractivity contribution is 5.53. The molecular weight excluding hydrogens is 256 g/mol. The molecule has 0 spiro atoms. The summed E-state index contributed by atoms with van der Waals surface area (Å²) in [6.07, 6.45) is 2.48. The Kier molecular flexibility index (Phi) is 3.40. The molecule has 2 unspecified atom stereocenters. The number of nitrogens with one attached hydrogen (secondary N) is 1. The van der Waals surface area contributed by atoms with Crippen LogP contribution in [0, 0.1) is 0 Å². The van der Waals surface area contributed by atoms with Crippen molar-refractivity contribution in [1.29, 1.82) is 0 Å². The van der Waals surface area contributed by atoms with E-state index in [0.717, 1.165) is 6.54 Å². The molecule has 1 N–H and O–H groups in total. The maximum atomic E-state index is 3.60. The van der Waals surface area contributed by atoms with Crippen LogP contribution in [-0.2, 0) is 6.42 Å². The van der Waals surface area contributed by atoms with Crippen molar-refractivity contribution in [3.63, 3.8) is 0 Å². The molecule has 2 aromatic carbocycles. The minimum atomic E-state index is 0.647. The molecule has 2 aliphatic rings. The lowest BCUT2D eigenvalue weighted by molar-refractivity contribution is 0.244. The maximum absolute atomic E-state index is 3.60. The van der Waals surface area contributed by atoms with Crippen LogP contribution in [0.5, 0.6) is 0 Å². The molecule has 1 saturated heterocycles. The summed E-state index contributed by atoms with van der Waals surface area (Å²) in [6, 6.07) is 20.4. The fourth-order valence-corrected chi connectivity index (χ4v) is 3.80. The Balaban J connectivity index is 1.45. The van der Waals surface area contributed by atoms with Crippen molar-refractivity contribution in [1.82, 2.24) is 4.90 Å². The number of nitrogens with zero attached hydrogens (tertiary/aromatic N) is 1. The van der Waals surface area contributed by atoms with Crippen molar-refractivity contribution in [3.05, 3.63) is 65.7 Å². The summed E-state index contributed by atoms with van der Waals surface area (Å²) in [5, 5.41) is 3.60. The van der Waals surface area contributed by atoms with Crippen LogP contribution in [0.1, 0.15) is 23.5 Å². The molecular formula is C19H22N2. The van der Waals surface area contributed by atoms with Crippen LogP contribution in [0.15, 0.2) is 54.6 Å². The smallest absolute Gasteiger partial charge is 0.0373 e. The van der Waals surface area contributed by atoms with E-state index >= 15 is 0 Å². The van der Waals surface area contributed by atoms with Crippen LogP contribution >= 0.6 is 0 Å². The van der Waals surface area contributed by atoms with Gasteiger partial charge in [0, 0.05) is 24.8 Å². The molecule has 21 heavy (non-hydrogen) atoms. The number of rotatable bonds is 2. The van der Waals surface area contributed by atoms with E-state index in [0.29, 0.717) is 12.0 Å². The molecule has 0 bridgehead atoms. The largest absolute Gasteiger partial charge is 0.383 e. The number of likely N-dealkylation sites (tertiary alicyclic amines) is 1. The molecule has 1 fully saturated rings. The predicted molar refractivity (Wildman–Crippen MR) is 87.8 cm³/mol. The zero-order chi connectivity index (χ0) is 14.1. The van der Waals surface area contributed by atoms with Gasteiger partial charge in [0.05, 0.1) is 0 Å². The van der Waals surface area contributed by atoms with E-state index in [1.165, 1.54) is 42.7 Å². The molecule has 2 aromatic rings. The van der Waals surface area contributed by atoms with Crippen molar-refractivity contribution in [3.8, 4) is 0 Å². The van der Waals surface area contributed by atoms with Gasteiger partial charge in [-0.05, 0) is 42.5 Å². The highest BCUT2D eigenvalue weighted by atomic mass is 15.2. The normalized spacial score (nSPS) is 25.3. The van der Waals surface area contributed by atoms with Gasteiger partial charge in [-0.2, -0.15) is 0 Å². The van der Waals surface area contributed by atoms with Gasteiger partial charge in [-0.1, -0.05) is 48.5 Å². The lowest BCUT2D eigenvalue weighted by atomic mass is 9.97. The molecule has 4 rings (SSSR count). The molecule has 0 radical (unpaired) electrons. The molecule has 0 aliphatic carbocycles. The Morgan fingerprint density at radius 2 is 1.76 bits per heavy atom. The Bertz CT molecular complexity index is 608. The number of hydrogen-bond acceptors (Lipinski definition) is 2. The molecule has 2 nitrogen and oxygen atoms in total. The molecule has 2 heteroatoms. The molecule has 0 saturated carbocycles. The van der Waals surface area contributed by atoms with Crippen molar-refractivity contribution >= 4 is 5.69 Å². The van der Waals surface area contributed by atoms with Crippen LogP contribution in [0.25, 0.3) is 0 Å². The summed E-state index contributed by atoms with van der Waals surface area (Å²) < 4.78 is 0. The zero-order valence-corrected chi connectivity index (χ0v) is 12.3. The zero-order valence-electron chi connectivity index (χ0n) is 12.3. The molecule has 2 heterocycles. The molecule has 2 atom stereocenters. The van der Waals surface area contributed by atoms with E-state index in [1.807, 2.05) is 0 Å². The first-order valence-electron chi connectivity index (χ1n) is 8.01. The third kappa shape index (κ3) is 2.56. The lowest BCUT2D eigenvalue weighted by Gasteiger charge is -2.33. The Labute approximate surface area is 126 Å².